The van der Waals surface area contributed by atoms with Crippen LogP contribution >= 0.6 is 11.6 Å². The first kappa shape index (κ1) is 15.8. The van der Waals surface area contributed by atoms with E-state index in [9.17, 15) is 4.79 Å². The van der Waals surface area contributed by atoms with Crippen LogP contribution in [0, 0.1) is 0 Å². The molecule has 1 atom stereocenters. The zero-order valence-corrected chi connectivity index (χ0v) is 12.6. The Kier molecular flexibility index (Phi) is 6.12. The fourth-order valence-electron chi connectivity index (χ4n) is 1.54. The van der Waals surface area contributed by atoms with Gasteiger partial charge in [-0.3, -0.25) is 4.79 Å². The van der Waals surface area contributed by atoms with Crippen molar-refractivity contribution in [2.24, 2.45) is 0 Å². The molecule has 1 aromatic rings. The number of halogens is 1. The summed E-state index contributed by atoms with van der Waals surface area (Å²) < 4.78 is 5.53. The number of benzene rings is 1. The summed E-state index contributed by atoms with van der Waals surface area (Å²) in [4.78, 5) is 12.9. The summed E-state index contributed by atoms with van der Waals surface area (Å²) in [7, 11) is 5.35. The lowest BCUT2D eigenvalue weighted by atomic mass is 10.1. The summed E-state index contributed by atoms with van der Waals surface area (Å²) in [5.74, 6) is 0.650. The van der Waals surface area contributed by atoms with E-state index in [-0.39, 0.29) is 11.9 Å². The number of carbonyl (C=O) groups excluding carboxylic acids is 1. The second kappa shape index (κ2) is 7.36. The van der Waals surface area contributed by atoms with Gasteiger partial charge in [0.15, 0.2) is 0 Å². The third-order valence-corrected chi connectivity index (χ3v) is 3.26. The van der Waals surface area contributed by atoms with Crippen molar-refractivity contribution in [2.75, 3.05) is 27.7 Å². The molecule has 0 fully saturated rings. The van der Waals surface area contributed by atoms with Gasteiger partial charge in [0.05, 0.1) is 18.1 Å². The topological polar surface area (TPSA) is 41.6 Å². The van der Waals surface area contributed by atoms with E-state index in [0.717, 1.165) is 5.56 Å². The lowest BCUT2D eigenvalue weighted by Gasteiger charge is -2.14. The highest BCUT2D eigenvalue weighted by Gasteiger charge is 2.09. The van der Waals surface area contributed by atoms with E-state index in [4.69, 9.17) is 16.3 Å². The van der Waals surface area contributed by atoms with Gasteiger partial charge in [0, 0.05) is 20.1 Å². The van der Waals surface area contributed by atoms with Crippen LogP contribution in [0.2, 0.25) is 5.02 Å². The van der Waals surface area contributed by atoms with Crippen molar-refractivity contribution < 1.29 is 9.53 Å². The fraction of sp³-hybridized carbons (Fsp3) is 0.500. The highest BCUT2D eigenvalue weighted by atomic mass is 35.5. The van der Waals surface area contributed by atoms with Crippen molar-refractivity contribution in [1.82, 2.24) is 10.2 Å². The molecule has 0 saturated heterocycles. The maximum atomic E-state index is 11.4. The predicted octanol–water partition coefficient (Wildman–Crippen LogP) is 2.48. The number of hydrogen-bond donors (Lipinski definition) is 1. The number of amides is 1. The molecule has 1 N–H and O–H groups in total. The van der Waals surface area contributed by atoms with Crippen molar-refractivity contribution in [3.63, 3.8) is 0 Å². The summed E-state index contributed by atoms with van der Waals surface area (Å²) >= 11 is 6.16. The van der Waals surface area contributed by atoms with Gasteiger partial charge in [-0.1, -0.05) is 17.7 Å². The summed E-state index contributed by atoms with van der Waals surface area (Å²) in [6.07, 6.45) is 0.345. The predicted molar refractivity (Wildman–Crippen MR) is 77.7 cm³/mol. The number of hydrogen-bond acceptors (Lipinski definition) is 3. The van der Waals surface area contributed by atoms with Gasteiger partial charge in [-0.15, -0.1) is 0 Å². The summed E-state index contributed by atoms with van der Waals surface area (Å²) in [5.41, 5.74) is 1.10. The Labute approximate surface area is 119 Å². The molecule has 0 radical (unpaired) electrons. The van der Waals surface area contributed by atoms with E-state index in [1.165, 1.54) is 0 Å². The third kappa shape index (κ3) is 4.73. The quantitative estimate of drug-likeness (QED) is 0.873. The van der Waals surface area contributed by atoms with Crippen LogP contribution < -0.4 is 10.1 Å². The molecule has 0 saturated carbocycles. The molecule has 0 aliphatic rings. The van der Waals surface area contributed by atoms with E-state index >= 15 is 0 Å². The van der Waals surface area contributed by atoms with Crippen LogP contribution in [0.1, 0.15) is 24.9 Å². The molecule has 0 aromatic heterocycles. The minimum absolute atomic E-state index is 0.0385. The van der Waals surface area contributed by atoms with Crippen LogP contribution in [0.25, 0.3) is 0 Å². The second-order valence-corrected chi connectivity index (χ2v) is 4.99. The molecule has 0 aliphatic heterocycles. The van der Waals surface area contributed by atoms with Gasteiger partial charge in [-0.2, -0.15) is 0 Å². The Morgan fingerprint density at radius 1 is 1.47 bits per heavy atom. The van der Waals surface area contributed by atoms with Gasteiger partial charge in [0.2, 0.25) is 5.91 Å². The maximum Gasteiger partial charge on any atom is 0.225 e. The third-order valence-electron chi connectivity index (χ3n) is 2.96. The number of carbonyl (C=O) groups is 1. The lowest BCUT2D eigenvalue weighted by molar-refractivity contribution is -0.129. The van der Waals surface area contributed by atoms with Crippen LogP contribution in [-0.4, -0.2) is 38.6 Å². The SMILES string of the molecule is CNC(C)c1ccc(OCCC(=O)N(C)C)c(Cl)c1. The van der Waals surface area contributed by atoms with Crippen molar-refractivity contribution in [3.05, 3.63) is 28.8 Å². The molecule has 4 nitrogen and oxygen atoms in total. The highest BCUT2D eigenvalue weighted by molar-refractivity contribution is 6.32. The Morgan fingerprint density at radius 3 is 2.68 bits per heavy atom. The minimum atomic E-state index is 0.0385. The molecule has 1 aromatic carbocycles. The summed E-state index contributed by atoms with van der Waals surface area (Å²) in [6.45, 7) is 2.39. The van der Waals surface area contributed by atoms with Crippen LogP contribution in [0.15, 0.2) is 18.2 Å². The van der Waals surface area contributed by atoms with Gasteiger partial charge in [-0.25, -0.2) is 0 Å². The van der Waals surface area contributed by atoms with Gasteiger partial charge in [0.25, 0.3) is 0 Å². The molecule has 5 heteroatoms. The molecule has 1 amide bonds. The van der Waals surface area contributed by atoms with Gasteiger partial charge < -0.3 is 15.0 Å². The Morgan fingerprint density at radius 2 is 2.16 bits per heavy atom. The molecule has 19 heavy (non-hydrogen) atoms. The first-order valence-electron chi connectivity index (χ1n) is 6.25. The van der Waals surface area contributed by atoms with Crippen molar-refractivity contribution in [1.29, 1.82) is 0 Å². The fourth-order valence-corrected chi connectivity index (χ4v) is 1.79. The van der Waals surface area contributed by atoms with Gasteiger partial charge in [0.1, 0.15) is 5.75 Å². The number of rotatable bonds is 6. The number of nitrogens with zero attached hydrogens (tertiary/aromatic N) is 1. The number of nitrogens with one attached hydrogen (secondary N) is 1. The summed E-state index contributed by atoms with van der Waals surface area (Å²) in [5, 5.41) is 3.72. The van der Waals surface area contributed by atoms with E-state index in [0.29, 0.717) is 23.8 Å². The highest BCUT2D eigenvalue weighted by Crippen LogP contribution is 2.27. The monoisotopic (exact) mass is 284 g/mol. The zero-order chi connectivity index (χ0) is 14.4. The van der Waals surface area contributed by atoms with Crippen molar-refractivity contribution in [3.8, 4) is 5.75 Å². The van der Waals surface area contributed by atoms with E-state index in [1.807, 2.05) is 25.2 Å². The normalized spacial score (nSPS) is 12.1. The molecule has 1 rings (SSSR count). The molecule has 106 valence electrons. The average molecular weight is 285 g/mol. The Bertz CT molecular complexity index is 435. The van der Waals surface area contributed by atoms with Crippen LogP contribution in [0.4, 0.5) is 0 Å². The second-order valence-electron chi connectivity index (χ2n) is 4.59. The molecule has 0 aliphatic carbocycles. The minimum Gasteiger partial charge on any atom is -0.491 e. The molecule has 0 bridgehead atoms. The van der Waals surface area contributed by atoms with Crippen molar-refractivity contribution in [2.45, 2.75) is 19.4 Å². The largest absolute Gasteiger partial charge is 0.491 e. The van der Waals surface area contributed by atoms with Gasteiger partial charge >= 0.3 is 0 Å². The molecular formula is C14H21ClN2O2. The average Bonchev–Trinajstić information content (AvgIpc) is 2.39. The molecule has 1 unspecified atom stereocenters. The van der Waals surface area contributed by atoms with E-state index < -0.39 is 0 Å². The standard InChI is InChI=1S/C14H21ClN2O2/c1-10(16-2)11-5-6-13(12(15)9-11)19-8-7-14(18)17(3)4/h5-6,9-10,16H,7-8H2,1-4H3. The molecule has 0 spiro atoms. The number of ether oxygens (including phenoxy) is 1. The first-order chi connectivity index (χ1) is 8.95. The van der Waals surface area contributed by atoms with Crippen LogP contribution in [0.5, 0.6) is 5.75 Å². The zero-order valence-electron chi connectivity index (χ0n) is 11.9. The summed E-state index contributed by atoms with van der Waals surface area (Å²) in [6, 6.07) is 5.93. The first-order valence-corrected chi connectivity index (χ1v) is 6.63. The smallest absolute Gasteiger partial charge is 0.225 e. The van der Waals surface area contributed by atoms with Gasteiger partial charge in [-0.05, 0) is 31.7 Å². The lowest BCUT2D eigenvalue weighted by Crippen LogP contribution is -2.23. The Balaban J connectivity index is 2.58. The van der Waals surface area contributed by atoms with E-state index in [2.05, 4.69) is 12.2 Å². The molecular weight excluding hydrogens is 264 g/mol. The van der Waals surface area contributed by atoms with Crippen LogP contribution in [-0.2, 0) is 4.79 Å². The molecule has 0 heterocycles. The van der Waals surface area contributed by atoms with Crippen LogP contribution in [0.3, 0.4) is 0 Å². The Hall–Kier alpha value is -1.26. The van der Waals surface area contributed by atoms with E-state index in [1.54, 1.807) is 19.0 Å². The van der Waals surface area contributed by atoms with Crippen molar-refractivity contribution >= 4 is 17.5 Å². The maximum absolute atomic E-state index is 11.4.